The summed E-state index contributed by atoms with van der Waals surface area (Å²) in [5, 5.41) is 0.897. The van der Waals surface area contributed by atoms with E-state index in [9.17, 15) is 4.79 Å². The Hall–Kier alpha value is -2.59. The van der Waals surface area contributed by atoms with Crippen LogP contribution in [-0.2, 0) is 5.41 Å². The summed E-state index contributed by atoms with van der Waals surface area (Å²) in [4.78, 5) is 15.8. The van der Waals surface area contributed by atoms with Crippen LogP contribution in [0.1, 0.15) is 66.8 Å². The van der Waals surface area contributed by atoms with Gasteiger partial charge < -0.3 is 9.15 Å². The van der Waals surface area contributed by atoms with Crippen LogP contribution in [0.15, 0.2) is 46.9 Å². The van der Waals surface area contributed by atoms with E-state index in [1.165, 1.54) is 38.8 Å². The van der Waals surface area contributed by atoms with Crippen LogP contribution in [0.2, 0.25) is 0 Å². The van der Waals surface area contributed by atoms with Crippen LogP contribution in [-0.4, -0.2) is 36.9 Å². The lowest BCUT2D eigenvalue weighted by Crippen LogP contribution is -2.30. The fourth-order valence-electron chi connectivity index (χ4n) is 4.95. The number of carbonyl (C=O) groups excluding carboxylic acids is 1. The van der Waals surface area contributed by atoms with Crippen LogP contribution in [0.25, 0.3) is 11.0 Å². The van der Waals surface area contributed by atoms with Gasteiger partial charge >= 0.3 is 0 Å². The molecule has 0 saturated carbocycles. The van der Waals surface area contributed by atoms with Crippen molar-refractivity contribution < 1.29 is 13.9 Å². The Kier molecular flexibility index (Phi) is 4.90. The van der Waals surface area contributed by atoms with Gasteiger partial charge in [-0.3, -0.25) is 9.69 Å². The molecule has 0 spiro atoms. The summed E-state index contributed by atoms with van der Waals surface area (Å²) in [6, 6.07) is 13.7. The minimum absolute atomic E-state index is 0.0420. The fourth-order valence-corrected chi connectivity index (χ4v) is 4.95. The average Bonchev–Trinajstić information content (AvgIpc) is 2.96. The van der Waals surface area contributed by atoms with E-state index >= 15 is 0 Å². The first-order valence-electron chi connectivity index (χ1n) is 11.1. The van der Waals surface area contributed by atoms with Gasteiger partial charge in [0.25, 0.3) is 0 Å². The van der Waals surface area contributed by atoms with Crippen molar-refractivity contribution in [2.45, 2.75) is 44.9 Å². The number of carbonyl (C=O) groups is 1. The van der Waals surface area contributed by atoms with Gasteiger partial charge in [-0.25, -0.2) is 0 Å². The van der Waals surface area contributed by atoms with E-state index in [0.717, 1.165) is 40.2 Å². The zero-order valence-corrected chi connectivity index (χ0v) is 17.9. The van der Waals surface area contributed by atoms with Crippen LogP contribution in [0.3, 0.4) is 0 Å². The van der Waals surface area contributed by atoms with Crippen molar-refractivity contribution in [3.8, 4) is 5.75 Å². The molecule has 0 unspecified atom stereocenters. The molecule has 5 rings (SSSR count). The summed E-state index contributed by atoms with van der Waals surface area (Å²) in [6.07, 6.45) is 5.26. The van der Waals surface area contributed by atoms with Gasteiger partial charge in [-0.15, -0.1) is 0 Å². The third-order valence-corrected chi connectivity index (χ3v) is 6.67. The molecule has 0 bridgehead atoms. The zero-order valence-electron chi connectivity index (χ0n) is 17.9. The van der Waals surface area contributed by atoms with Crippen LogP contribution >= 0.6 is 0 Å². The predicted molar refractivity (Wildman–Crippen MR) is 119 cm³/mol. The van der Waals surface area contributed by atoms with Crippen LogP contribution < -0.4 is 4.74 Å². The van der Waals surface area contributed by atoms with E-state index in [2.05, 4.69) is 18.7 Å². The van der Waals surface area contributed by atoms with Crippen molar-refractivity contribution in [1.82, 2.24) is 4.90 Å². The molecule has 2 aromatic carbocycles. The molecule has 156 valence electrons. The number of fused-ring (bicyclic) bond motifs is 4. The van der Waals surface area contributed by atoms with Gasteiger partial charge in [0.1, 0.15) is 23.7 Å². The molecule has 0 atom stereocenters. The summed E-state index contributed by atoms with van der Waals surface area (Å²) < 4.78 is 12.3. The molecule has 1 aromatic heterocycles. The highest BCUT2D eigenvalue weighted by molar-refractivity contribution is 6.19. The third-order valence-electron chi connectivity index (χ3n) is 6.67. The smallest absolute Gasteiger partial charge is 0.197 e. The van der Waals surface area contributed by atoms with E-state index < -0.39 is 5.41 Å². The number of nitrogens with zero attached hydrogens (tertiary/aromatic N) is 1. The summed E-state index contributed by atoms with van der Waals surface area (Å²) >= 11 is 0. The third kappa shape index (κ3) is 3.24. The van der Waals surface area contributed by atoms with Crippen LogP contribution in [0, 0.1) is 0 Å². The Morgan fingerprint density at radius 3 is 2.60 bits per heavy atom. The second-order valence-electron chi connectivity index (χ2n) is 9.07. The number of rotatable bonds is 4. The van der Waals surface area contributed by atoms with Gasteiger partial charge in [0.2, 0.25) is 0 Å². The van der Waals surface area contributed by atoms with E-state index in [4.69, 9.17) is 9.15 Å². The number of hydrogen-bond acceptors (Lipinski definition) is 4. The Bertz CT molecular complexity index is 1090. The number of para-hydroxylation sites is 1. The molecule has 3 aromatic rings. The highest BCUT2D eigenvalue weighted by atomic mass is 16.5. The van der Waals surface area contributed by atoms with Gasteiger partial charge in [-0.1, -0.05) is 31.0 Å². The van der Waals surface area contributed by atoms with E-state index in [0.29, 0.717) is 12.2 Å². The molecule has 2 aliphatic rings. The predicted octanol–water partition coefficient (Wildman–Crippen LogP) is 5.56. The minimum atomic E-state index is -0.401. The highest BCUT2D eigenvalue weighted by Gasteiger charge is 2.41. The molecule has 1 fully saturated rings. The largest absolute Gasteiger partial charge is 0.492 e. The van der Waals surface area contributed by atoms with Crippen molar-refractivity contribution in [3.05, 3.63) is 64.9 Å². The molecule has 0 radical (unpaired) electrons. The maximum Gasteiger partial charge on any atom is 0.197 e. The van der Waals surface area contributed by atoms with Crippen molar-refractivity contribution in [1.29, 1.82) is 0 Å². The average molecular weight is 404 g/mol. The summed E-state index contributed by atoms with van der Waals surface area (Å²) in [7, 11) is 0. The molecular formula is C26H29NO3. The van der Waals surface area contributed by atoms with E-state index in [1.54, 1.807) is 0 Å². The Balaban J connectivity index is 1.41. The minimum Gasteiger partial charge on any atom is -0.492 e. The molecule has 1 aliphatic heterocycles. The standard InChI is InChI=1S/C26H29NO3/c1-26(2)21-17-18(29-16-15-27-13-7-3-4-8-14-27)11-12-19(21)24(28)23-20-9-5-6-10-22(20)30-25(23)26/h5-6,9-12,17H,3-4,7-8,13-16H2,1-2H3. The Morgan fingerprint density at radius 2 is 1.80 bits per heavy atom. The maximum absolute atomic E-state index is 13.3. The first-order chi connectivity index (χ1) is 14.6. The maximum atomic E-state index is 13.3. The highest BCUT2D eigenvalue weighted by Crippen LogP contribution is 2.46. The number of hydrogen-bond donors (Lipinski definition) is 0. The SMILES string of the molecule is CC1(C)c2cc(OCCN3CCCCCC3)ccc2C(=O)c2c1oc1ccccc21. The van der Waals surface area contributed by atoms with Gasteiger partial charge in [0.05, 0.1) is 5.56 Å². The number of benzene rings is 2. The number of likely N-dealkylation sites (tertiary alicyclic amines) is 1. The van der Waals surface area contributed by atoms with E-state index in [1.807, 2.05) is 42.5 Å². The topological polar surface area (TPSA) is 42.7 Å². The van der Waals surface area contributed by atoms with Gasteiger partial charge in [0.15, 0.2) is 5.78 Å². The molecular weight excluding hydrogens is 374 g/mol. The lowest BCUT2D eigenvalue weighted by molar-refractivity contribution is 0.102. The van der Waals surface area contributed by atoms with Crippen molar-refractivity contribution >= 4 is 16.8 Å². The van der Waals surface area contributed by atoms with Crippen LogP contribution in [0.5, 0.6) is 5.75 Å². The first-order valence-corrected chi connectivity index (χ1v) is 11.1. The second-order valence-corrected chi connectivity index (χ2v) is 9.07. The van der Waals surface area contributed by atoms with E-state index in [-0.39, 0.29) is 5.78 Å². The summed E-state index contributed by atoms with van der Waals surface area (Å²) in [6.45, 7) is 8.21. The molecule has 30 heavy (non-hydrogen) atoms. The molecule has 1 aliphatic carbocycles. The first kappa shape index (κ1) is 19.4. The molecule has 4 nitrogen and oxygen atoms in total. The molecule has 0 N–H and O–H groups in total. The number of ketones is 1. The summed E-state index contributed by atoms with van der Waals surface area (Å²) in [5.41, 5.74) is 2.80. The summed E-state index contributed by atoms with van der Waals surface area (Å²) in [5.74, 6) is 1.62. The quantitative estimate of drug-likeness (QED) is 0.572. The normalized spacial score (nSPS) is 18.7. The zero-order chi connectivity index (χ0) is 20.7. The van der Waals surface area contributed by atoms with Gasteiger partial charge in [-0.2, -0.15) is 0 Å². The molecule has 0 amide bonds. The van der Waals surface area contributed by atoms with Crippen molar-refractivity contribution in [3.63, 3.8) is 0 Å². The van der Waals surface area contributed by atoms with Gasteiger partial charge in [0, 0.05) is 22.9 Å². The molecule has 1 saturated heterocycles. The number of ether oxygens (including phenoxy) is 1. The Morgan fingerprint density at radius 1 is 1.03 bits per heavy atom. The Labute approximate surface area is 177 Å². The van der Waals surface area contributed by atoms with Crippen LogP contribution in [0.4, 0.5) is 0 Å². The molecule has 2 heterocycles. The fraction of sp³-hybridized carbons (Fsp3) is 0.423. The van der Waals surface area contributed by atoms with Crippen molar-refractivity contribution in [2.24, 2.45) is 0 Å². The van der Waals surface area contributed by atoms with Crippen molar-refractivity contribution in [2.75, 3.05) is 26.2 Å². The number of furan rings is 1. The second kappa shape index (κ2) is 7.59. The lowest BCUT2D eigenvalue weighted by atomic mass is 9.72. The monoisotopic (exact) mass is 403 g/mol. The van der Waals surface area contributed by atoms with Gasteiger partial charge in [-0.05, 0) is 69.6 Å². The molecule has 4 heteroatoms. The lowest BCUT2D eigenvalue weighted by Gasteiger charge is -2.31.